The van der Waals surface area contributed by atoms with Crippen molar-refractivity contribution in [3.05, 3.63) is 84.2 Å². The quantitative estimate of drug-likeness (QED) is 0.563. The first-order valence-electron chi connectivity index (χ1n) is 9.63. The Morgan fingerprint density at radius 2 is 1.55 bits per heavy atom. The van der Waals surface area contributed by atoms with Crippen LogP contribution in [0.3, 0.4) is 0 Å². The number of aromatic nitrogens is 2. The highest BCUT2D eigenvalue weighted by molar-refractivity contribution is 7.92. The highest BCUT2D eigenvalue weighted by Gasteiger charge is 2.15. The third kappa shape index (κ3) is 6.23. The monoisotopic (exact) mass is 436 g/mol. The molecule has 2 N–H and O–H groups in total. The molecule has 3 rings (SSSR count). The number of anilines is 2. The molecule has 0 aliphatic rings. The average molecular weight is 437 g/mol. The molecule has 0 radical (unpaired) electrons. The number of nitrogens with one attached hydrogen (secondary N) is 2. The highest BCUT2D eigenvalue weighted by atomic mass is 32.2. The van der Waals surface area contributed by atoms with Crippen LogP contribution in [-0.2, 0) is 20.2 Å². The molecular weight excluding hydrogens is 412 g/mol. The number of rotatable bonds is 6. The molecule has 31 heavy (non-hydrogen) atoms. The third-order valence-corrected chi connectivity index (χ3v) is 5.77. The summed E-state index contributed by atoms with van der Waals surface area (Å²) in [6.07, 6.45) is 6.04. The van der Waals surface area contributed by atoms with Gasteiger partial charge in [-0.15, -0.1) is 0 Å². The molecule has 7 nitrogen and oxygen atoms in total. The summed E-state index contributed by atoms with van der Waals surface area (Å²) in [7, 11) is -3.82. The molecule has 0 aliphatic carbocycles. The Hall–Kier alpha value is -3.52. The van der Waals surface area contributed by atoms with Gasteiger partial charge in [0.05, 0.1) is 4.90 Å². The molecule has 0 atom stereocenters. The van der Waals surface area contributed by atoms with Gasteiger partial charge in [0.2, 0.25) is 11.9 Å². The number of carbonyl (C=O) groups excluding carboxylic acids is 1. The highest BCUT2D eigenvalue weighted by Crippen LogP contribution is 2.22. The van der Waals surface area contributed by atoms with Gasteiger partial charge < -0.3 is 5.32 Å². The fraction of sp³-hybridized carbons (Fsp3) is 0.174. The second kappa shape index (κ2) is 9.09. The van der Waals surface area contributed by atoms with E-state index in [1.54, 1.807) is 12.1 Å². The zero-order valence-electron chi connectivity index (χ0n) is 17.5. The fourth-order valence-electron chi connectivity index (χ4n) is 2.70. The second-order valence-corrected chi connectivity index (χ2v) is 9.58. The van der Waals surface area contributed by atoms with E-state index in [9.17, 15) is 13.2 Å². The molecule has 0 bridgehead atoms. The maximum absolute atomic E-state index is 12.4. The lowest BCUT2D eigenvalue weighted by Gasteiger charge is -2.18. The van der Waals surface area contributed by atoms with E-state index in [-0.39, 0.29) is 22.2 Å². The Labute approximate surface area is 182 Å². The van der Waals surface area contributed by atoms with Crippen molar-refractivity contribution in [2.24, 2.45) is 0 Å². The zero-order chi connectivity index (χ0) is 22.5. The minimum Gasteiger partial charge on any atom is -0.323 e. The lowest BCUT2D eigenvalue weighted by Crippen LogP contribution is -2.15. The molecule has 0 saturated carbocycles. The van der Waals surface area contributed by atoms with Gasteiger partial charge in [-0.25, -0.2) is 23.1 Å². The second-order valence-electron chi connectivity index (χ2n) is 7.90. The van der Waals surface area contributed by atoms with Gasteiger partial charge in [0.15, 0.2) is 0 Å². The lowest BCUT2D eigenvalue weighted by molar-refractivity contribution is -0.111. The van der Waals surface area contributed by atoms with Crippen LogP contribution in [0.2, 0.25) is 0 Å². The number of carbonyl (C=O) groups is 1. The number of sulfonamides is 1. The Morgan fingerprint density at radius 3 is 2.13 bits per heavy atom. The summed E-state index contributed by atoms with van der Waals surface area (Å²) in [5, 5.41) is 2.71. The first-order chi connectivity index (χ1) is 14.6. The van der Waals surface area contributed by atoms with Crippen molar-refractivity contribution in [1.82, 2.24) is 9.97 Å². The topological polar surface area (TPSA) is 101 Å². The molecule has 2 aromatic carbocycles. The molecule has 8 heteroatoms. The van der Waals surface area contributed by atoms with E-state index in [0.717, 1.165) is 5.56 Å². The first-order valence-corrected chi connectivity index (χ1v) is 11.1. The Morgan fingerprint density at radius 1 is 0.935 bits per heavy atom. The van der Waals surface area contributed by atoms with Gasteiger partial charge in [0, 0.05) is 24.2 Å². The van der Waals surface area contributed by atoms with Crippen LogP contribution < -0.4 is 10.0 Å². The number of benzene rings is 2. The summed E-state index contributed by atoms with van der Waals surface area (Å²) in [6, 6.07) is 15.4. The maximum Gasteiger partial charge on any atom is 0.264 e. The maximum atomic E-state index is 12.4. The van der Waals surface area contributed by atoms with Gasteiger partial charge >= 0.3 is 0 Å². The minimum absolute atomic E-state index is 0.0134. The van der Waals surface area contributed by atoms with Crippen molar-refractivity contribution in [2.75, 3.05) is 10.0 Å². The van der Waals surface area contributed by atoms with Crippen LogP contribution in [0.15, 0.2) is 78.0 Å². The smallest absolute Gasteiger partial charge is 0.264 e. The van der Waals surface area contributed by atoms with E-state index in [4.69, 9.17) is 0 Å². The molecule has 160 valence electrons. The standard InChI is InChI=1S/C23H24N4O3S/c1-23(2,3)18-8-5-17(6-9-18)7-14-21(28)26-19-10-12-20(13-11-19)31(29,30)27-22-24-15-4-16-25-22/h4-16H,1-3H3,(H,26,28)(H,24,25,27). The van der Waals surface area contributed by atoms with Gasteiger partial charge in [0.25, 0.3) is 10.0 Å². The van der Waals surface area contributed by atoms with Crippen LogP contribution >= 0.6 is 0 Å². The van der Waals surface area contributed by atoms with E-state index >= 15 is 0 Å². The largest absolute Gasteiger partial charge is 0.323 e. The number of nitrogens with zero attached hydrogens (tertiary/aromatic N) is 2. The van der Waals surface area contributed by atoms with Gasteiger partial charge in [-0.2, -0.15) is 0 Å². The first kappa shape index (κ1) is 22.2. The zero-order valence-corrected chi connectivity index (χ0v) is 18.3. The van der Waals surface area contributed by atoms with Crippen molar-refractivity contribution in [1.29, 1.82) is 0 Å². The molecule has 0 spiro atoms. The van der Waals surface area contributed by atoms with E-state index < -0.39 is 10.0 Å². The van der Waals surface area contributed by atoms with Crippen LogP contribution in [0, 0.1) is 0 Å². The summed E-state index contributed by atoms with van der Waals surface area (Å²) in [5.74, 6) is -0.327. The predicted octanol–water partition coefficient (Wildman–Crippen LogP) is 4.23. The van der Waals surface area contributed by atoms with Crippen molar-refractivity contribution in [3.63, 3.8) is 0 Å². The summed E-state index contributed by atoms with van der Waals surface area (Å²) >= 11 is 0. The van der Waals surface area contributed by atoms with Crippen molar-refractivity contribution >= 4 is 33.6 Å². The molecule has 1 amide bonds. The predicted molar refractivity (Wildman–Crippen MR) is 122 cm³/mol. The van der Waals surface area contributed by atoms with Gasteiger partial charge in [-0.05, 0) is 52.9 Å². The molecule has 0 fully saturated rings. The van der Waals surface area contributed by atoms with Gasteiger partial charge in [-0.3, -0.25) is 4.79 Å². The summed E-state index contributed by atoms with van der Waals surface area (Å²) in [4.78, 5) is 19.9. The minimum atomic E-state index is -3.82. The molecular formula is C23H24N4O3S. The van der Waals surface area contributed by atoms with Crippen LogP contribution in [-0.4, -0.2) is 24.3 Å². The van der Waals surface area contributed by atoms with Crippen molar-refractivity contribution in [3.8, 4) is 0 Å². The van der Waals surface area contributed by atoms with Crippen molar-refractivity contribution < 1.29 is 13.2 Å². The SMILES string of the molecule is CC(C)(C)c1ccc(C=CC(=O)Nc2ccc(S(=O)(=O)Nc3ncccn3)cc2)cc1. The molecule has 1 heterocycles. The summed E-state index contributed by atoms with van der Waals surface area (Å²) in [6.45, 7) is 6.44. The third-order valence-electron chi connectivity index (χ3n) is 4.43. The number of hydrogen-bond acceptors (Lipinski definition) is 5. The number of hydrogen-bond donors (Lipinski definition) is 2. The van der Waals surface area contributed by atoms with E-state index in [1.165, 1.54) is 48.3 Å². The summed E-state index contributed by atoms with van der Waals surface area (Å²) < 4.78 is 27.1. The number of amides is 1. The molecule has 3 aromatic rings. The van der Waals surface area contributed by atoms with Crippen LogP contribution in [0.5, 0.6) is 0 Å². The Balaban J connectivity index is 1.61. The van der Waals surface area contributed by atoms with Crippen LogP contribution in [0.25, 0.3) is 6.08 Å². The lowest BCUT2D eigenvalue weighted by atomic mass is 9.87. The average Bonchev–Trinajstić information content (AvgIpc) is 2.73. The normalized spacial score (nSPS) is 12.0. The molecule has 0 unspecified atom stereocenters. The molecule has 0 saturated heterocycles. The van der Waals surface area contributed by atoms with E-state index in [1.807, 2.05) is 24.3 Å². The Bertz CT molecular complexity index is 1170. The Kier molecular flexibility index (Phi) is 6.50. The van der Waals surface area contributed by atoms with E-state index in [0.29, 0.717) is 5.69 Å². The van der Waals surface area contributed by atoms with Gasteiger partial charge in [-0.1, -0.05) is 45.0 Å². The van der Waals surface area contributed by atoms with E-state index in [2.05, 4.69) is 40.8 Å². The van der Waals surface area contributed by atoms with Crippen LogP contribution in [0.4, 0.5) is 11.6 Å². The summed E-state index contributed by atoms with van der Waals surface area (Å²) in [5.41, 5.74) is 2.69. The molecule has 0 aliphatic heterocycles. The van der Waals surface area contributed by atoms with Crippen LogP contribution in [0.1, 0.15) is 31.9 Å². The molecule has 1 aromatic heterocycles. The fourth-order valence-corrected chi connectivity index (χ4v) is 3.66. The van der Waals surface area contributed by atoms with Gasteiger partial charge in [0.1, 0.15) is 0 Å². The van der Waals surface area contributed by atoms with Crippen molar-refractivity contribution in [2.45, 2.75) is 31.1 Å².